The van der Waals surface area contributed by atoms with Gasteiger partial charge in [0.2, 0.25) is 0 Å². The molecule has 0 N–H and O–H groups in total. The van der Waals surface area contributed by atoms with Crippen LogP contribution in [0, 0.1) is 5.41 Å². The lowest BCUT2D eigenvalue weighted by atomic mass is 10.0. The van der Waals surface area contributed by atoms with Crippen LogP contribution in [-0.2, 0) is 19.1 Å². The molecule has 1 saturated carbocycles. The van der Waals surface area contributed by atoms with Crippen molar-refractivity contribution in [3.05, 3.63) is 0 Å². The summed E-state index contributed by atoms with van der Waals surface area (Å²) < 4.78 is 10.3. The van der Waals surface area contributed by atoms with E-state index in [0.717, 1.165) is 6.29 Å². The minimum atomic E-state index is -0.714. The van der Waals surface area contributed by atoms with Crippen LogP contribution in [0.5, 0.6) is 0 Å². The van der Waals surface area contributed by atoms with Crippen molar-refractivity contribution in [2.75, 3.05) is 6.61 Å². The molecule has 0 aromatic rings. The first-order valence-electron chi connectivity index (χ1n) is 6.88. The molecular weight excluding hydrogens is 262 g/mol. The summed E-state index contributed by atoms with van der Waals surface area (Å²) in [5, 5.41) is 0. The van der Waals surface area contributed by atoms with E-state index in [2.05, 4.69) is 0 Å². The quantitative estimate of drug-likeness (QED) is 0.580. The van der Waals surface area contributed by atoms with E-state index >= 15 is 0 Å². The number of piperidine rings is 1. The number of carbonyl (C=O) groups is 3. The maximum absolute atomic E-state index is 12.3. The fraction of sp³-hybridized carbons (Fsp3) is 0.786. The Morgan fingerprint density at radius 3 is 2.50 bits per heavy atom. The van der Waals surface area contributed by atoms with Gasteiger partial charge in [0.1, 0.15) is 17.9 Å². The SMILES string of the molecule is CCOC(=O)C1C[C@@]2(C=O)CC2N1C(=O)OC(C)(C)C. The van der Waals surface area contributed by atoms with Crippen molar-refractivity contribution in [3.63, 3.8) is 0 Å². The molecule has 20 heavy (non-hydrogen) atoms. The Morgan fingerprint density at radius 2 is 2.00 bits per heavy atom. The van der Waals surface area contributed by atoms with E-state index in [0.29, 0.717) is 12.8 Å². The Kier molecular flexibility index (Phi) is 3.52. The molecule has 1 aliphatic carbocycles. The van der Waals surface area contributed by atoms with Gasteiger partial charge in [-0.1, -0.05) is 0 Å². The van der Waals surface area contributed by atoms with E-state index in [1.54, 1.807) is 27.7 Å². The van der Waals surface area contributed by atoms with Gasteiger partial charge in [-0.2, -0.15) is 0 Å². The number of amides is 1. The van der Waals surface area contributed by atoms with Crippen molar-refractivity contribution in [2.45, 2.75) is 58.2 Å². The van der Waals surface area contributed by atoms with Crippen LogP contribution in [0.3, 0.4) is 0 Å². The monoisotopic (exact) mass is 283 g/mol. The van der Waals surface area contributed by atoms with Crippen LogP contribution in [-0.4, -0.2) is 47.5 Å². The van der Waals surface area contributed by atoms with Gasteiger partial charge in [-0.25, -0.2) is 9.59 Å². The molecule has 0 bridgehead atoms. The molecule has 2 rings (SSSR count). The van der Waals surface area contributed by atoms with E-state index in [1.165, 1.54) is 4.90 Å². The molecule has 6 heteroatoms. The van der Waals surface area contributed by atoms with Crippen molar-refractivity contribution in [3.8, 4) is 0 Å². The predicted octanol–water partition coefficient (Wildman–Crippen LogP) is 1.52. The van der Waals surface area contributed by atoms with Gasteiger partial charge in [-0.15, -0.1) is 0 Å². The smallest absolute Gasteiger partial charge is 0.411 e. The molecule has 112 valence electrons. The highest BCUT2D eigenvalue weighted by Crippen LogP contribution is 2.58. The molecular formula is C14H21NO5. The molecule has 0 radical (unpaired) electrons. The minimum Gasteiger partial charge on any atom is -0.464 e. The second-order valence-electron chi connectivity index (χ2n) is 6.43. The second kappa shape index (κ2) is 4.75. The summed E-state index contributed by atoms with van der Waals surface area (Å²) in [6.07, 6.45) is 1.24. The zero-order valence-electron chi connectivity index (χ0n) is 12.3. The van der Waals surface area contributed by atoms with Crippen molar-refractivity contribution >= 4 is 18.3 Å². The lowest BCUT2D eigenvalue weighted by molar-refractivity contribution is -0.149. The van der Waals surface area contributed by atoms with Crippen LogP contribution in [0.2, 0.25) is 0 Å². The van der Waals surface area contributed by atoms with Gasteiger partial charge in [0, 0.05) is 6.04 Å². The van der Waals surface area contributed by atoms with E-state index < -0.39 is 29.1 Å². The maximum Gasteiger partial charge on any atom is 0.411 e. The van der Waals surface area contributed by atoms with Gasteiger partial charge in [0.15, 0.2) is 0 Å². The van der Waals surface area contributed by atoms with Crippen LogP contribution < -0.4 is 0 Å². The number of carbonyl (C=O) groups excluding carboxylic acids is 3. The molecule has 0 aromatic heterocycles. The highest BCUT2D eigenvalue weighted by molar-refractivity contribution is 5.86. The van der Waals surface area contributed by atoms with Gasteiger partial charge in [-0.3, -0.25) is 4.90 Å². The molecule has 0 aromatic carbocycles. The number of nitrogens with zero attached hydrogens (tertiary/aromatic N) is 1. The van der Waals surface area contributed by atoms with Crippen LogP contribution in [0.25, 0.3) is 0 Å². The van der Waals surface area contributed by atoms with Crippen molar-refractivity contribution < 1.29 is 23.9 Å². The van der Waals surface area contributed by atoms with Gasteiger partial charge in [0.25, 0.3) is 0 Å². The van der Waals surface area contributed by atoms with Gasteiger partial charge in [-0.05, 0) is 40.5 Å². The summed E-state index contributed by atoms with van der Waals surface area (Å²) in [7, 11) is 0. The Hall–Kier alpha value is -1.59. The van der Waals surface area contributed by atoms with E-state index in [1.807, 2.05) is 0 Å². The standard InChI is InChI=1S/C14H21NO5/c1-5-19-11(17)9-6-14(8-16)7-10(14)15(9)12(18)20-13(2,3)4/h8-10H,5-7H2,1-4H3/t9?,10?,14-/m0/s1. The number of hydrogen-bond acceptors (Lipinski definition) is 5. The van der Waals surface area contributed by atoms with E-state index in [4.69, 9.17) is 9.47 Å². The first-order valence-corrected chi connectivity index (χ1v) is 6.88. The summed E-state index contributed by atoms with van der Waals surface area (Å²) in [4.78, 5) is 36.8. The van der Waals surface area contributed by atoms with Gasteiger partial charge >= 0.3 is 12.1 Å². The van der Waals surface area contributed by atoms with Crippen LogP contribution >= 0.6 is 0 Å². The molecule has 2 fully saturated rings. The number of hydrogen-bond donors (Lipinski definition) is 0. The summed E-state index contributed by atoms with van der Waals surface area (Å²) >= 11 is 0. The lowest BCUT2D eigenvalue weighted by Gasteiger charge is -2.29. The number of rotatable bonds is 3. The zero-order chi connectivity index (χ0) is 15.1. The van der Waals surface area contributed by atoms with Crippen molar-refractivity contribution in [1.82, 2.24) is 4.90 Å². The molecule has 3 atom stereocenters. The largest absolute Gasteiger partial charge is 0.464 e. The summed E-state index contributed by atoms with van der Waals surface area (Å²) in [6, 6.07) is -0.946. The van der Waals surface area contributed by atoms with Crippen LogP contribution in [0.15, 0.2) is 0 Å². The normalized spacial score (nSPS) is 31.5. The summed E-state index contributed by atoms with van der Waals surface area (Å²) in [5.41, 5.74) is -1.22. The average Bonchev–Trinajstić information content (AvgIpc) is 2.93. The topological polar surface area (TPSA) is 72.9 Å². The van der Waals surface area contributed by atoms with E-state index in [-0.39, 0.29) is 12.6 Å². The second-order valence-corrected chi connectivity index (χ2v) is 6.43. The van der Waals surface area contributed by atoms with Crippen LogP contribution in [0.1, 0.15) is 40.5 Å². The maximum atomic E-state index is 12.3. The van der Waals surface area contributed by atoms with E-state index in [9.17, 15) is 14.4 Å². The molecule has 1 saturated heterocycles. The number of esters is 1. The molecule has 0 spiro atoms. The Labute approximate surface area is 118 Å². The van der Waals surface area contributed by atoms with Crippen LogP contribution in [0.4, 0.5) is 4.79 Å². The Balaban J connectivity index is 2.17. The lowest BCUT2D eigenvalue weighted by Crippen LogP contribution is -2.46. The van der Waals surface area contributed by atoms with Gasteiger partial charge in [0.05, 0.1) is 12.0 Å². The zero-order valence-corrected chi connectivity index (χ0v) is 12.3. The molecule has 2 unspecified atom stereocenters. The minimum absolute atomic E-state index is 0.232. The molecule has 1 amide bonds. The number of aldehydes is 1. The Bertz CT molecular complexity index is 441. The third-order valence-corrected chi connectivity index (χ3v) is 3.72. The molecule has 1 heterocycles. The highest BCUT2D eigenvalue weighted by Gasteiger charge is 2.68. The van der Waals surface area contributed by atoms with Crippen molar-refractivity contribution in [1.29, 1.82) is 0 Å². The predicted molar refractivity (Wildman–Crippen MR) is 70.0 cm³/mol. The van der Waals surface area contributed by atoms with Crippen molar-refractivity contribution in [2.24, 2.45) is 5.41 Å². The highest BCUT2D eigenvalue weighted by atomic mass is 16.6. The fourth-order valence-electron chi connectivity index (χ4n) is 2.75. The average molecular weight is 283 g/mol. The third kappa shape index (κ3) is 2.51. The molecule has 1 aliphatic heterocycles. The number of ether oxygens (including phenoxy) is 2. The first kappa shape index (κ1) is 14.8. The Morgan fingerprint density at radius 1 is 1.35 bits per heavy atom. The van der Waals surface area contributed by atoms with Gasteiger partial charge < -0.3 is 14.3 Å². The first-order chi connectivity index (χ1) is 9.24. The number of likely N-dealkylation sites (tertiary alicyclic amines) is 1. The summed E-state index contributed by atoms with van der Waals surface area (Å²) in [5.74, 6) is -0.466. The number of fused-ring (bicyclic) bond motifs is 1. The molecule has 2 aliphatic rings. The third-order valence-electron chi connectivity index (χ3n) is 3.72. The fourth-order valence-corrected chi connectivity index (χ4v) is 2.75. The molecule has 6 nitrogen and oxygen atoms in total. The summed E-state index contributed by atoms with van der Waals surface area (Å²) in [6.45, 7) is 7.25.